The first-order valence-corrected chi connectivity index (χ1v) is 5.29. The van der Waals surface area contributed by atoms with Crippen molar-refractivity contribution in [1.82, 2.24) is 5.32 Å². The lowest BCUT2D eigenvalue weighted by Gasteiger charge is -2.20. The van der Waals surface area contributed by atoms with Crippen LogP contribution in [0.25, 0.3) is 0 Å². The predicted molar refractivity (Wildman–Crippen MR) is 50.6 cm³/mol. The molecule has 1 rings (SSSR count). The molecule has 1 N–H and O–H groups in total. The summed E-state index contributed by atoms with van der Waals surface area (Å²) in [4.78, 5) is 21.9. The molecule has 1 aliphatic carbocycles. The molecule has 1 fully saturated rings. The number of Topliss-reactive ketones (excluding diaryl/α,β-unsaturated/α-hetero) is 1. The molecule has 0 bridgehead atoms. The van der Waals surface area contributed by atoms with Crippen LogP contribution in [-0.4, -0.2) is 24.4 Å². The fourth-order valence-corrected chi connectivity index (χ4v) is 1.84. The van der Waals surface area contributed by atoms with E-state index in [0.29, 0.717) is 0 Å². The molecule has 1 amide bonds. The van der Waals surface area contributed by atoms with Gasteiger partial charge in [-0.25, -0.2) is 0 Å². The van der Waals surface area contributed by atoms with Gasteiger partial charge in [-0.3, -0.25) is 9.59 Å². The van der Waals surface area contributed by atoms with E-state index in [2.05, 4.69) is 0 Å². The zero-order chi connectivity index (χ0) is 12.2. The van der Waals surface area contributed by atoms with Gasteiger partial charge in [0, 0.05) is 5.92 Å². The highest BCUT2D eigenvalue weighted by Crippen LogP contribution is 2.24. The molecule has 0 aromatic carbocycles. The van der Waals surface area contributed by atoms with Crippen molar-refractivity contribution >= 4 is 11.7 Å². The minimum atomic E-state index is -4.91. The average Bonchev–Trinajstić information content (AvgIpc) is 2.25. The van der Waals surface area contributed by atoms with Gasteiger partial charge in [0.2, 0.25) is 0 Å². The van der Waals surface area contributed by atoms with E-state index in [0.717, 1.165) is 32.1 Å². The summed E-state index contributed by atoms with van der Waals surface area (Å²) >= 11 is 0. The standard InChI is InChI=1S/C10H14F3NO2/c11-10(12,13)9(16)14-6-8(15)7-4-2-1-3-5-7/h7H,1-6H2,(H,14,16). The molecule has 0 radical (unpaired) electrons. The van der Waals surface area contributed by atoms with Crippen molar-refractivity contribution in [1.29, 1.82) is 0 Å². The molecule has 0 saturated heterocycles. The summed E-state index contributed by atoms with van der Waals surface area (Å²) in [6.07, 6.45) is -0.528. The first kappa shape index (κ1) is 13.0. The first-order chi connectivity index (χ1) is 7.41. The van der Waals surface area contributed by atoms with E-state index >= 15 is 0 Å². The van der Waals surface area contributed by atoms with Gasteiger partial charge in [0.05, 0.1) is 6.54 Å². The molecule has 16 heavy (non-hydrogen) atoms. The molecule has 0 aromatic heterocycles. The normalized spacial score (nSPS) is 18.2. The van der Waals surface area contributed by atoms with Gasteiger partial charge in [0.1, 0.15) is 0 Å². The van der Waals surface area contributed by atoms with Crippen LogP contribution in [0.1, 0.15) is 32.1 Å². The van der Waals surface area contributed by atoms with E-state index in [4.69, 9.17) is 0 Å². The van der Waals surface area contributed by atoms with Crippen molar-refractivity contribution in [2.75, 3.05) is 6.54 Å². The third-order valence-electron chi connectivity index (χ3n) is 2.74. The number of hydrogen-bond donors (Lipinski definition) is 1. The van der Waals surface area contributed by atoms with Gasteiger partial charge in [-0.15, -0.1) is 0 Å². The van der Waals surface area contributed by atoms with Crippen LogP contribution in [0, 0.1) is 5.92 Å². The maximum atomic E-state index is 11.8. The molecule has 0 atom stereocenters. The van der Waals surface area contributed by atoms with E-state index in [-0.39, 0.29) is 11.7 Å². The summed E-state index contributed by atoms with van der Waals surface area (Å²) in [5, 5.41) is 1.61. The van der Waals surface area contributed by atoms with E-state index in [1.54, 1.807) is 5.32 Å². The summed E-state index contributed by atoms with van der Waals surface area (Å²) in [6.45, 7) is -0.511. The first-order valence-electron chi connectivity index (χ1n) is 5.29. The molecule has 0 aliphatic heterocycles. The molecule has 0 spiro atoms. The zero-order valence-corrected chi connectivity index (χ0v) is 8.77. The van der Waals surface area contributed by atoms with Gasteiger partial charge in [-0.05, 0) is 12.8 Å². The highest BCUT2D eigenvalue weighted by atomic mass is 19.4. The van der Waals surface area contributed by atoms with E-state index in [9.17, 15) is 22.8 Å². The smallest absolute Gasteiger partial charge is 0.341 e. The Labute approximate surface area is 91.4 Å². The lowest BCUT2D eigenvalue weighted by molar-refractivity contribution is -0.173. The van der Waals surface area contributed by atoms with Gasteiger partial charge in [-0.2, -0.15) is 13.2 Å². The molecule has 0 aromatic rings. The van der Waals surface area contributed by atoms with Crippen LogP contribution >= 0.6 is 0 Å². The van der Waals surface area contributed by atoms with E-state index < -0.39 is 18.6 Å². The number of hydrogen-bond acceptors (Lipinski definition) is 2. The largest absolute Gasteiger partial charge is 0.471 e. The van der Waals surface area contributed by atoms with Crippen molar-refractivity contribution in [2.24, 2.45) is 5.92 Å². The van der Waals surface area contributed by atoms with Gasteiger partial charge < -0.3 is 5.32 Å². The summed E-state index contributed by atoms with van der Waals surface area (Å²) in [5.41, 5.74) is 0. The molecule has 1 aliphatic rings. The zero-order valence-electron chi connectivity index (χ0n) is 8.77. The Bertz CT molecular complexity index is 270. The van der Waals surface area contributed by atoms with Gasteiger partial charge >= 0.3 is 12.1 Å². The second-order valence-corrected chi connectivity index (χ2v) is 3.98. The maximum absolute atomic E-state index is 11.8. The number of halogens is 3. The maximum Gasteiger partial charge on any atom is 0.471 e. The number of ketones is 1. The molecular weight excluding hydrogens is 223 g/mol. The van der Waals surface area contributed by atoms with Crippen molar-refractivity contribution in [3.8, 4) is 0 Å². The van der Waals surface area contributed by atoms with Crippen molar-refractivity contribution in [2.45, 2.75) is 38.3 Å². The molecule has 0 unspecified atom stereocenters. The summed E-state index contributed by atoms with van der Waals surface area (Å²) in [7, 11) is 0. The third kappa shape index (κ3) is 3.83. The van der Waals surface area contributed by atoms with Crippen molar-refractivity contribution in [3.63, 3.8) is 0 Å². The van der Waals surface area contributed by atoms with Crippen molar-refractivity contribution in [3.05, 3.63) is 0 Å². The topological polar surface area (TPSA) is 46.2 Å². The van der Waals surface area contributed by atoms with Crippen LogP contribution in [0.3, 0.4) is 0 Å². The predicted octanol–water partition coefficient (Wildman–Crippen LogP) is 1.81. The van der Waals surface area contributed by atoms with E-state index in [1.807, 2.05) is 0 Å². The van der Waals surface area contributed by atoms with Crippen LogP contribution < -0.4 is 5.32 Å². The van der Waals surface area contributed by atoms with Crippen molar-refractivity contribution < 1.29 is 22.8 Å². The van der Waals surface area contributed by atoms with Crippen LogP contribution in [0.4, 0.5) is 13.2 Å². The Morgan fingerprint density at radius 2 is 1.69 bits per heavy atom. The van der Waals surface area contributed by atoms with Crippen LogP contribution in [0.15, 0.2) is 0 Å². The number of carbonyl (C=O) groups excluding carboxylic acids is 2. The summed E-state index contributed by atoms with van der Waals surface area (Å²) in [5.74, 6) is -2.52. The van der Waals surface area contributed by atoms with Crippen LogP contribution in [0.2, 0.25) is 0 Å². The summed E-state index contributed by atoms with van der Waals surface area (Å²) < 4.78 is 35.5. The Morgan fingerprint density at radius 3 is 2.19 bits per heavy atom. The minimum Gasteiger partial charge on any atom is -0.341 e. The number of carbonyl (C=O) groups is 2. The molecular formula is C10H14F3NO2. The highest BCUT2D eigenvalue weighted by molar-refractivity contribution is 5.89. The quantitative estimate of drug-likeness (QED) is 0.813. The van der Waals surface area contributed by atoms with Gasteiger partial charge in [-0.1, -0.05) is 19.3 Å². The van der Waals surface area contributed by atoms with Gasteiger partial charge in [0.15, 0.2) is 5.78 Å². The Balaban J connectivity index is 2.32. The molecule has 1 saturated carbocycles. The monoisotopic (exact) mass is 237 g/mol. The fraction of sp³-hybridized carbons (Fsp3) is 0.800. The SMILES string of the molecule is O=C(CNC(=O)C(F)(F)F)C1CCCCC1. The lowest BCUT2D eigenvalue weighted by atomic mass is 9.86. The average molecular weight is 237 g/mol. The van der Waals surface area contributed by atoms with Crippen LogP contribution in [-0.2, 0) is 9.59 Å². The number of rotatable bonds is 3. The highest BCUT2D eigenvalue weighted by Gasteiger charge is 2.38. The summed E-state index contributed by atoms with van der Waals surface area (Å²) in [6, 6.07) is 0. The Hall–Kier alpha value is -1.07. The number of alkyl halides is 3. The molecule has 3 nitrogen and oxygen atoms in total. The van der Waals surface area contributed by atoms with Crippen LogP contribution in [0.5, 0.6) is 0 Å². The minimum absolute atomic E-state index is 0.178. The number of amides is 1. The van der Waals surface area contributed by atoms with Gasteiger partial charge in [0.25, 0.3) is 0 Å². The molecule has 0 heterocycles. The van der Waals surface area contributed by atoms with E-state index in [1.165, 1.54) is 0 Å². The molecule has 92 valence electrons. The fourth-order valence-electron chi connectivity index (χ4n) is 1.84. The second-order valence-electron chi connectivity index (χ2n) is 3.98. The lowest BCUT2D eigenvalue weighted by Crippen LogP contribution is -2.41. The third-order valence-corrected chi connectivity index (χ3v) is 2.74. The molecule has 6 heteroatoms. The Kier molecular flexibility index (Phi) is 4.32. The Morgan fingerprint density at radius 1 is 1.12 bits per heavy atom. The number of nitrogens with one attached hydrogen (secondary N) is 1. The second kappa shape index (κ2) is 5.32.